The van der Waals surface area contributed by atoms with E-state index in [4.69, 9.17) is 11.6 Å². The molecule has 0 aliphatic heterocycles. The van der Waals surface area contributed by atoms with E-state index in [9.17, 15) is 13.2 Å². The molecule has 0 aliphatic rings. The summed E-state index contributed by atoms with van der Waals surface area (Å²) < 4.78 is 27.7. The van der Waals surface area contributed by atoms with Crippen LogP contribution in [-0.4, -0.2) is 37.9 Å². The summed E-state index contributed by atoms with van der Waals surface area (Å²) in [5.74, 6) is -0.567. The first-order valence-corrected chi connectivity index (χ1v) is 12.1. The Morgan fingerprint density at radius 1 is 1.12 bits per heavy atom. The van der Waals surface area contributed by atoms with Gasteiger partial charge in [0.25, 0.3) is 5.91 Å². The smallest absolute Gasteiger partial charge is 0.260 e. The SMILES string of the molecule is Cc1c(Cl)cccc1N(CC(=O)N/N=C\c1cc(C)n(-c2ccccc2)c1C)S(C)(=O)=O. The quantitative estimate of drug-likeness (QED) is 0.417. The highest BCUT2D eigenvalue weighted by atomic mass is 35.5. The van der Waals surface area contributed by atoms with Crippen LogP contribution in [0, 0.1) is 20.8 Å². The largest absolute Gasteiger partial charge is 0.318 e. The molecular weight excluding hydrogens is 448 g/mol. The predicted octanol–water partition coefficient (Wildman–Crippen LogP) is 3.97. The Kier molecular flexibility index (Phi) is 7.06. The molecule has 0 fully saturated rings. The van der Waals surface area contributed by atoms with Crippen molar-refractivity contribution in [3.05, 3.63) is 82.1 Å². The first-order chi connectivity index (χ1) is 15.1. The van der Waals surface area contributed by atoms with Gasteiger partial charge in [-0.2, -0.15) is 5.10 Å². The number of aryl methyl sites for hydroxylation is 1. The lowest BCUT2D eigenvalue weighted by atomic mass is 10.2. The van der Waals surface area contributed by atoms with Crippen LogP contribution in [0.4, 0.5) is 5.69 Å². The fourth-order valence-corrected chi connectivity index (χ4v) is 4.56. The number of rotatable bonds is 7. The van der Waals surface area contributed by atoms with E-state index in [0.29, 0.717) is 16.3 Å². The van der Waals surface area contributed by atoms with Gasteiger partial charge in [0.15, 0.2) is 0 Å². The van der Waals surface area contributed by atoms with Gasteiger partial charge in [-0.25, -0.2) is 13.8 Å². The van der Waals surface area contributed by atoms with Crippen molar-refractivity contribution < 1.29 is 13.2 Å². The summed E-state index contributed by atoms with van der Waals surface area (Å²) >= 11 is 6.12. The number of nitrogens with zero attached hydrogens (tertiary/aromatic N) is 3. The average Bonchev–Trinajstić information content (AvgIpc) is 3.01. The van der Waals surface area contributed by atoms with Gasteiger partial charge in [0.05, 0.1) is 18.2 Å². The Morgan fingerprint density at radius 2 is 1.81 bits per heavy atom. The minimum atomic E-state index is -3.71. The van der Waals surface area contributed by atoms with Gasteiger partial charge in [0.2, 0.25) is 10.0 Å². The number of nitrogens with one attached hydrogen (secondary N) is 1. The van der Waals surface area contributed by atoms with Gasteiger partial charge in [-0.15, -0.1) is 0 Å². The van der Waals surface area contributed by atoms with Crippen LogP contribution < -0.4 is 9.73 Å². The summed E-state index contributed by atoms with van der Waals surface area (Å²) in [6.07, 6.45) is 2.59. The highest BCUT2D eigenvalue weighted by molar-refractivity contribution is 7.92. The molecule has 1 N–H and O–H groups in total. The van der Waals surface area contributed by atoms with Gasteiger partial charge in [-0.05, 0) is 56.7 Å². The lowest BCUT2D eigenvalue weighted by Gasteiger charge is -2.23. The molecule has 1 amide bonds. The second-order valence-corrected chi connectivity index (χ2v) is 9.76. The molecule has 3 aromatic rings. The van der Waals surface area contributed by atoms with Crippen LogP contribution in [0.1, 0.15) is 22.5 Å². The van der Waals surface area contributed by atoms with Gasteiger partial charge in [0.1, 0.15) is 6.54 Å². The zero-order chi connectivity index (χ0) is 23.5. The Balaban J connectivity index is 1.76. The topological polar surface area (TPSA) is 83.8 Å². The van der Waals surface area contributed by atoms with Crippen molar-refractivity contribution in [3.8, 4) is 5.69 Å². The third-order valence-electron chi connectivity index (χ3n) is 5.07. The van der Waals surface area contributed by atoms with E-state index in [1.54, 1.807) is 31.3 Å². The van der Waals surface area contributed by atoms with Crippen molar-refractivity contribution in [1.29, 1.82) is 0 Å². The predicted molar refractivity (Wildman–Crippen MR) is 129 cm³/mol. The molecule has 32 heavy (non-hydrogen) atoms. The van der Waals surface area contributed by atoms with E-state index in [1.807, 2.05) is 50.2 Å². The minimum Gasteiger partial charge on any atom is -0.318 e. The number of carbonyl (C=O) groups excluding carboxylic acids is 1. The van der Waals surface area contributed by atoms with Crippen LogP contribution in [0.5, 0.6) is 0 Å². The van der Waals surface area contributed by atoms with Gasteiger partial charge >= 0.3 is 0 Å². The Hall–Kier alpha value is -3.10. The average molecular weight is 473 g/mol. The zero-order valence-electron chi connectivity index (χ0n) is 18.3. The summed E-state index contributed by atoms with van der Waals surface area (Å²) in [4.78, 5) is 12.5. The number of hydrogen-bond acceptors (Lipinski definition) is 4. The van der Waals surface area contributed by atoms with E-state index in [0.717, 1.165) is 33.2 Å². The first kappa shape index (κ1) is 23.6. The molecular formula is C23H25ClN4O3S. The molecule has 0 aliphatic carbocycles. The van der Waals surface area contributed by atoms with Crippen LogP contribution >= 0.6 is 11.6 Å². The van der Waals surface area contributed by atoms with Crippen molar-refractivity contribution >= 4 is 39.4 Å². The van der Waals surface area contributed by atoms with Crippen molar-refractivity contribution in [3.63, 3.8) is 0 Å². The number of carbonyl (C=O) groups is 1. The molecule has 0 spiro atoms. The van der Waals surface area contributed by atoms with Gasteiger partial charge in [-0.3, -0.25) is 9.10 Å². The molecule has 1 aromatic heterocycles. The zero-order valence-corrected chi connectivity index (χ0v) is 19.9. The second kappa shape index (κ2) is 9.58. The number of halogens is 1. The highest BCUT2D eigenvalue weighted by Gasteiger charge is 2.23. The summed E-state index contributed by atoms with van der Waals surface area (Å²) in [7, 11) is -3.71. The molecule has 0 saturated heterocycles. The third kappa shape index (κ3) is 5.20. The molecule has 7 nitrogen and oxygen atoms in total. The van der Waals surface area contributed by atoms with Crippen LogP contribution in [0.25, 0.3) is 5.69 Å². The normalized spacial score (nSPS) is 11.7. The lowest BCUT2D eigenvalue weighted by molar-refractivity contribution is -0.119. The molecule has 2 aromatic carbocycles. The van der Waals surface area contributed by atoms with E-state index >= 15 is 0 Å². The highest BCUT2D eigenvalue weighted by Crippen LogP contribution is 2.28. The number of amides is 1. The number of para-hydroxylation sites is 1. The van der Waals surface area contributed by atoms with Crippen LogP contribution in [0.3, 0.4) is 0 Å². The maximum absolute atomic E-state index is 12.5. The molecule has 168 valence electrons. The van der Waals surface area contributed by atoms with Crippen molar-refractivity contribution in [2.24, 2.45) is 5.10 Å². The maximum atomic E-state index is 12.5. The fourth-order valence-electron chi connectivity index (χ4n) is 3.48. The third-order valence-corrected chi connectivity index (χ3v) is 6.61. The van der Waals surface area contributed by atoms with E-state index in [1.165, 1.54) is 0 Å². The van der Waals surface area contributed by atoms with E-state index in [-0.39, 0.29) is 0 Å². The Labute approximate surface area is 193 Å². The molecule has 3 rings (SSSR count). The molecule has 9 heteroatoms. The van der Waals surface area contributed by atoms with Crippen LogP contribution in [0.2, 0.25) is 5.02 Å². The summed E-state index contributed by atoms with van der Waals surface area (Å²) in [5.41, 5.74) is 7.22. The molecule has 0 radical (unpaired) electrons. The Morgan fingerprint density at radius 3 is 2.47 bits per heavy atom. The molecule has 0 saturated carbocycles. The van der Waals surface area contributed by atoms with E-state index in [2.05, 4.69) is 15.1 Å². The van der Waals surface area contributed by atoms with Gasteiger partial charge < -0.3 is 4.57 Å². The summed E-state index contributed by atoms with van der Waals surface area (Å²) in [5, 5.41) is 4.45. The first-order valence-electron chi connectivity index (χ1n) is 9.88. The van der Waals surface area contributed by atoms with E-state index < -0.39 is 22.5 Å². The minimum absolute atomic E-state index is 0.352. The van der Waals surface area contributed by atoms with Crippen molar-refractivity contribution in [2.45, 2.75) is 20.8 Å². The van der Waals surface area contributed by atoms with Gasteiger partial charge in [0, 0.05) is 27.7 Å². The number of sulfonamides is 1. The lowest BCUT2D eigenvalue weighted by Crippen LogP contribution is -2.39. The summed E-state index contributed by atoms with van der Waals surface area (Å²) in [6, 6.07) is 16.8. The second-order valence-electron chi connectivity index (χ2n) is 7.44. The maximum Gasteiger partial charge on any atom is 0.260 e. The van der Waals surface area contributed by atoms with Gasteiger partial charge in [-0.1, -0.05) is 35.9 Å². The number of anilines is 1. The van der Waals surface area contributed by atoms with Crippen molar-refractivity contribution in [2.75, 3.05) is 17.1 Å². The number of hydrazone groups is 1. The Bertz CT molecular complexity index is 1270. The standard InChI is InChI=1S/C23H25ClN4O3S/c1-16-13-19(18(3)28(16)20-9-6-5-7-10-20)14-25-26-23(29)15-27(32(4,30)31)22-12-8-11-21(24)17(22)2/h5-14H,15H2,1-4H3,(H,26,29)/b25-14-. The number of hydrogen-bond donors (Lipinski definition) is 1. The van der Waals surface area contributed by atoms with Crippen LogP contribution in [-0.2, 0) is 14.8 Å². The number of benzene rings is 2. The molecule has 1 heterocycles. The van der Waals surface area contributed by atoms with Crippen molar-refractivity contribution in [1.82, 2.24) is 9.99 Å². The monoisotopic (exact) mass is 472 g/mol. The number of aromatic nitrogens is 1. The van der Waals surface area contributed by atoms with Crippen LogP contribution in [0.15, 0.2) is 59.7 Å². The summed E-state index contributed by atoms with van der Waals surface area (Å²) in [6.45, 7) is 5.25. The molecule has 0 unspecified atom stereocenters. The molecule has 0 atom stereocenters. The molecule has 0 bridgehead atoms. The fraction of sp³-hybridized carbons (Fsp3) is 0.217.